The number of carbonyl (C=O) groups is 1. The van der Waals surface area contributed by atoms with E-state index in [1.54, 1.807) is 12.3 Å². The van der Waals surface area contributed by atoms with Crippen LogP contribution in [0.5, 0.6) is 0 Å². The monoisotopic (exact) mass is 381 g/mol. The minimum absolute atomic E-state index is 0.0655. The van der Waals surface area contributed by atoms with Gasteiger partial charge in [0.15, 0.2) is 0 Å². The Morgan fingerprint density at radius 3 is 2.68 bits per heavy atom. The van der Waals surface area contributed by atoms with Gasteiger partial charge < -0.3 is 14.4 Å². The van der Waals surface area contributed by atoms with E-state index in [0.29, 0.717) is 11.3 Å². The molecular weight excluding hydrogens is 368 g/mol. The third-order valence-electron chi connectivity index (χ3n) is 3.85. The van der Waals surface area contributed by atoms with Crippen molar-refractivity contribution in [3.63, 3.8) is 0 Å². The van der Waals surface area contributed by atoms with Crippen LogP contribution in [-0.4, -0.2) is 25.6 Å². The van der Waals surface area contributed by atoms with Crippen molar-refractivity contribution in [3.05, 3.63) is 72.7 Å². The summed E-state index contributed by atoms with van der Waals surface area (Å²) in [6.07, 6.45) is 3.00. The van der Waals surface area contributed by atoms with E-state index in [0.717, 1.165) is 0 Å². The predicted molar refractivity (Wildman–Crippen MR) is 95.9 cm³/mol. The third-order valence-corrected chi connectivity index (χ3v) is 3.85. The summed E-state index contributed by atoms with van der Waals surface area (Å²) in [5.74, 6) is -0.832. The molecule has 0 aliphatic rings. The fraction of sp³-hybridized carbons (Fsp3) is 0.0526. The van der Waals surface area contributed by atoms with Crippen LogP contribution < -0.4 is 5.32 Å². The lowest BCUT2D eigenvalue weighted by Crippen LogP contribution is -2.18. The van der Waals surface area contributed by atoms with E-state index in [9.17, 15) is 13.6 Å². The maximum atomic E-state index is 13.6. The van der Waals surface area contributed by atoms with Crippen molar-refractivity contribution < 1.29 is 18.1 Å². The standard InChI is InChI=1S/C19H13F2N5O2/c20-13-7-5-12(6-8-13)19-24-18(25-28-19)16-9-26(11-22-16)10-17(27)23-15-4-2-1-3-14(15)21/h1-9,11H,10H2,(H,23,27). The second kappa shape index (κ2) is 7.39. The Bertz CT molecular complexity index is 1120. The van der Waals surface area contributed by atoms with E-state index in [2.05, 4.69) is 20.4 Å². The smallest absolute Gasteiger partial charge is 0.258 e. The molecule has 0 radical (unpaired) electrons. The number of rotatable bonds is 5. The molecule has 0 spiro atoms. The van der Waals surface area contributed by atoms with E-state index in [-0.39, 0.29) is 29.8 Å². The molecule has 0 aliphatic carbocycles. The number of benzene rings is 2. The van der Waals surface area contributed by atoms with Gasteiger partial charge in [-0.15, -0.1) is 0 Å². The molecular formula is C19H13F2N5O2. The molecule has 0 unspecified atom stereocenters. The van der Waals surface area contributed by atoms with Gasteiger partial charge in [-0.3, -0.25) is 4.79 Å². The van der Waals surface area contributed by atoms with Gasteiger partial charge in [0.2, 0.25) is 11.7 Å². The number of halogens is 2. The molecule has 0 saturated carbocycles. The van der Waals surface area contributed by atoms with E-state index in [1.807, 2.05) is 0 Å². The summed E-state index contributed by atoms with van der Waals surface area (Å²) in [4.78, 5) is 20.5. The van der Waals surface area contributed by atoms with Gasteiger partial charge in [0, 0.05) is 11.8 Å². The third kappa shape index (κ3) is 3.78. The zero-order valence-electron chi connectivity index (χ0n) is 14.3. The largest absolute Gasteiger partial charge is 0.334 e. The van der Waals surface area contributed by atoms with Crippen molar-refractivity contribution in [3.8, 4) is 23.0 Å². The maximum Gasteiger partial charge on any atom is 0.258 e. The highest BCUT2D eigenvalue weighted by Gasteiger charge is 2.14. The summed E-state index contributed by atoms with van der Waals surface area (Å²) in [7, 11) is 0. The quantitative estimate of drug-likeness (QED) is 0.572. The topological polar surface area (TPSA) is 85.8 Å². The molecule has 9 heteroatoms. The molecule has 0 atom stereocenters. The molecule has 2 aromatic heterocycles. The minimum Gasteiger partial charge on any atom is -0.334 e. The molecule has 2 heterocycles. The minimum atomic E-state index is -0.512. The highest BCUT2D eigenvalue weighted by Crippen LogP contribution is 2.21. The summed E-state index contributed by atoms with van der Waals surface area (Å²) in [5, 5.41) is 6.35. The fourth-order valence-corrected chi connectivity index (χ4v) is 2.52. The van der Waals surface area contributed by atoms with Gasteiger partial charge in [-0.05, 0) is 36.4 Å². The first-order valence-corrected chi connectivity index (χ1v) is 8.24. The lowest BCUT2D eigenvalue weighted by Gasteiger charge is -2.06. The fourth-order valence-electron chi connectivity index (χ4n) is 2.52. The van der Waals surface area contributed by atoms with Crippen LogP contribution in [0, 0.1) is 11.6 Å². The first-order chi connectivity index (χ1) is 13.6. The Hall–Kier alpha value is -3.88. The van der Waals surface area contributed by atoms with Crippen LogP contribution in [-0.2, 0) is 11.3 Å². The zero-order chi connectivity index (χ0) is 19.5. The van der Waals surface area contributed by atoms with Crippen molar-refractivity contribution in [1.82, 2.24) is 19.7 Å². The Morgan fingerprint density at radius 1 is 1.11 bits per heavy atom. The van der Waals surface area contributed by atoms with Gasteiger partial charge in [0.05, 0.1) is 12.0 Å². The number of para-hydroxylation sites is 1. The summed E-state index contributed by atoms with van der Waals surface area (Å²) in [6, 6.07) is 11.5. The average Bonchev–Trinajstić information content (AvgIpc) is 3.34. The first kappa shape index (κ1) is 17.5. The van der Waals surface area contributed by atoms with E-state index >= 15 is 0 Å². The van der Waals surface area contributed by atoms with E-state index < -0.39 is 11.7 Å². The zero-order valence-corrected chi connectivity index (χ0v) is 14.3. The number of amides is 1. The Kier molecular flexibility index (Phi) is 4.63. The number of anilines is 1. The van der Waals surface area contributed by atoms with Gasteiger partial charge in [-0.2, -0.15) is 4.98 Å². The van der Waals surface area contributed by atoms with Crippen LogP contribution in [0.2, 0.25) is 0 Å². The average molecular weight is 381 g/mol. The lowest BCUT2D eigenvalue weighted by molar-refractivity contribution is -0.116. The Morgan fingerprint density at radius 2 is 1.89 bits per heavy atom. The highest BCUT2D eigenvalue weighted by atomic mass is 19.1. The molecule has 1 amide bonds. The molecule has 0 saturated heterocycles. The Balaban J connectivity index is 1.45. The molecule has 4 rings (SSSR count). The molecule has 1 N–H and O–H groups in total. The molecule has 0 aliphatic heterocycles. The highest BCUT2D eigenvalue weighted by molar-refractivity contribution is 5.90. The van der Waals surface area contributed by atoms with Crippen LogP contribution in [0.15, 0.2) is 65.6 Å². The number of nitrogens with one attached hydrogen (secondary N) is 1. The molecule has 4 aromatic rings. The van der Waals surface area contributed by atoms with E-state index in [4.69, 9.17) is 4.52 Å². The molecule has 28 heavy (non-hydrogen) atoms. The number of hydrogen-bond acceptors (Lipinski definition) is 5. The number of nitrogens with zero attached hydrogens (tertiary/aromatic N) is 4. The number of aromatic nitrogens is 4. The van der Waals surface area contributed by atoms with Gasteiger partial charge in [-0.1, -0.05) is 17.3 Å². The summed E-state index contributed by atoms with van der Waals surface area (Å²) >= 11 is 0. The Labute approximate surface area is 157 Å². The van der Waals surface area contributed by atoms with Crippen molar-refractivity contribution in [2.24, 2.45) is 0 Å². The molecule has 0 bridgehead atoms. The van der Waals surface area contributed by atoms with Gasteiger partial charge in [-0.25, -0.2) is 13.8 Å². The van der Waals surface area contributed by atoms with Crippen molar-refractivity contribution in [1.29, 1.82) is 0 Å². The normalized spacial score (nSPS) is 10.8. The maximum absolute atomic E-state index is 13.6. The second-order valence-corrected chi connectivity index (χ2v) is 5.89. The van der Waals surface area contributed by atoms with Crippen molar-refractivity contribution in [2.75, 3.05) is 5.32 Å². The second-order valence-electron chi connectivity index (χ2n) is 5.89. The number of carbonyl (C=O) groups excluding carboxylic acids is 1. The first-order valence-electron chi connectivity index (χ1n) is 8.24. The molecule has 7 nitrogen and oxygen atoms in total. The van der Waals surface area contributed by atoms with Crippen LogP contribution >= 0.6 is 0 Å². The van der Waals surface area contributed by atoms with Crippen LogP contribution in [0.25, 0.3) is 23.0 Å². The van der Waals surface area contributed by atoms with Crippen LogP contribution in [0.4, 0.5) is 14.5 Å². The van der Waals surface area contributed by atoms with Gasteiger partial charge in [0.1, 0.15) is 23.9 Å². The molecule has 0 fully saturated rings. The van der Waals surface area contributed by atoms with Crippen LogP contribution in [0.1, 0.15) is 0 Å². The summed E-state index contributed by atoms with van der Waals surface area (Å²) in [6.45, 7) is -0.0655. The van der Waals surface area contributed by atoms with Gasteiger partial charge >= 0.3 is 0 Å². The van der Waals surface area contributed by atoms with Gasteiger partial charge in [0.25, 0.3) is 5.89 Å². The molecule has 140 valence electrons. The van der Waals surface area contributed by atoms with E-state index in [1.165, 1.54) is 53.4 Å². The predicted octanol–water partition coefficient (Wildman–Crippen LogP) is 3.52. The van der Waals surface area contributed by atoms with Crippen LogP contribution in [0.3, 0.4) is 0 Å². The SMILES string of the molecule is O=C(Cn1cnc(-c2noc(-c3ccc(F)cc3)n2)c1)Nc1ccccc1F. The van der Waals surface area contributed by atoms with Crippen molar-refractivity contribution >= 4 is 11.6 Å². The summed E-state index contributed by atoms with van der Waals surface area (Å²) in [5.41, 5.74) is 1.08. The van der Waals surface area contributed by atoms with Crippen molar-refractivity contribution in [2.45, 2.75) is 6.54 Å². The molecule has 2 aromatic carbocycles. The lowest BCUT2D eigenvalue weighted by atomic mass is 10.2. The summed E-state index contributed by atoms with van der Waals surface area (Å²) < 4.78 is 33.3. The number of hydrogen-bond donors (Lipinski definition) is 1. The number of imidazole rings is 1.